The predicted octanol–water partition coefficient (Wildman–Crippen LogP) is 2.61. The smallest absolute Gasteiger partial charge is 0.315 e. The van der Waals surface area contributed by atoms with Crippen molar-refractivity contribution in [1.82, 2.24) is 10.6 Å². The molecule has 2 atom stereocenters. The van der Waals surface area contributed by atoms with E-state index in [1.807, 2.05) is 20.8 Å². The van der Waals surface area contributed by atoms with Crippen LogP contribution in [-0.2, 0) is 4.74 Å². The van der Waals surface area contributed by atoms with Crippen LogP contribution in [0.5, 0.6) is 0 Å². The minimum absolute atomic E-state index is 0.231. The number of aliphatic hydroxyl groups is 1. The Morgan fingerprint density at radius 3 is 2.43 bits per heavy atom. The van der Waals surface area contributed by atoms with Crippen molar-refractivity contribution < 1.29 is 19.0 Å². The fraction of sp³-hybridized carbons (Fsp3) is 0.588. The van der Waals surface area contributed by atoms with Crippen LogP contribution in [0.1, 0.15) is 38.8 Å². The average molecular weight is 326 g/mol. The zero-order valence-electron chi connectivity index (χ0n) is 14.2. The van der Waals surface area contributed by atoms with Gasteiger partial charge in [-0.3, -0.25) is 0 Å². The number of hydrogen-bond acceptors (Lipinski definition) is 3. The van der Waals surface area contributed by atoms with Crippen LogP contribution in [-0.4, -0.2) is 37.5 Å². The molecule has 0 heterocycles. The molecule has 130 valence electrons. The minimum Gasteiger partial charge on any atom is -0.391 e. The Balaban J connectivity index is 2.61. The normalized spacial score (nSPS) is 14.2. The van der Waals surface area contributed by atoms with Gasteiger partial charge in [-0.25, -0.2) is 9.18 Å². The number of halogens is 1. The summed E-state index contributed by atoms with van der Waals surface area (Å²) >= 11 is 0. The van der Waals surface area contributed by atoms with Crippen LogP contribution < -0.4 is 10.6 Å². The molecule has 0 aliphatic heterocycles. The van der Waals surface area contributed by atoms with Gasteiger partial charge in [0.1, 0.15) is 5.82 Å². The number of urea groups is 1. The van der Waals surface area contributed by atoms with Crippen molar-refractivity contribution in [1.29, 1.82) is 0 Å². The van der Waals surface area contributed by atoms with E-state index in [4.69, 9.17) is 4.74 Å². The number of carbonyl (C=O) groups is 1. The highest BCUT2D eigenvalue weighted by atomic mass is 19.1. The Kier molecular flexibility index (Phi) is 7.45. The van der Waals surface area contributed by atoms with Gasteiger partial charge in [0, 0.05) is 13.7 Å². The summed E-state index contributed by atoms with van der Waals surface area (Å²) in [6.07, 6.45) is -0.186. The maximum absolute atomic E-state index is 13.1. The number of aliphatic hydroxyl groups excluding tert-OH is 1. The summed E-state index contributed by atoms with van der Waals surface area (Å²) in [7, 11) is 1.51. The van der Waals surface area contributed by atoms with Gasteiger partial charge in [-0.2, -0.15) is 0 Å². The van der Waals surface area contributed by atoms with Crippen molar-refractivity contribution in [2.75, 3.05) is 20.3 Å². The van der Waals surface area contributed by atoms with Crippen molar-refractivity contribution in [3.63, 3.8) is 0 Å². The van der Waals surface area contributed by atoms with Crippen molar-refractivity contribution in [3.05, 3.63) is 35.6 Å². The Hall–Kier alpha value is -1.66. The molecule has 23 heavy (non-hydrogen) atoms. The van der Waals surface area contributed by atoms with Gasteiger partial charge in [0.2, 0.25) is 0 Å². The summed E-state index contributed by atoms with van der Waals surface area (Å²) in [4.78, 5) is 12.1. The van der Waals surface area contributed by atoms with Gasteiger partial charge in [0.15, 0.2) is 0 Å². The van der Waals surface area contributed by atoms with E-state index < -0.39 is 6.10 Å². The summed E-state index contributed by atoms with van der Waals surface area (Å²) in [5.41, 5.74) is 0.610. The van der Waals surface area contributed by atoms with Crippen LogP contribution in [0.4, 0.5) is 9.18 Å². The third-order valence-corrected chi connectivity index (χ3v) is 3.47. The lowest BCUT2D eigenvalue weighted by Gasteiger charge is -2.32. The highest BCUT2D eigenvalue weighted by Gasteiger charge is 2.27. The van der Waals surface area contributed by atoms with E-state index >= 15 is 0 Å². The fourth-order valence-electron chi connectivity index (χ4n) is 2.27. The maximum Gasteiger partial charge on any atom is 0.315 e. The number of methoxy groups -OCH3 is 1. The number of benzene rings is 1. The number of nitrogens with one attached hydrogen (secondary N) is 2. The Bertz CT molecular complexity index is 486. The van der Waals surface area contributed by atoms with Gasteiger partial charge in [-0.05, 0) is 29.5 Å². The predicted molar refractivity (Wildman–Crippen MR) is 87.6 cm³/mol. The lowest BCUT2D eigenvalue weighted by Crippen LogP contribution is -2.43. The SMILES string of the molecule is COCC(O)CCNC(=O)NC(c1ccc(F)cc1)C(C)(C)C. The molecule has 2 unspecified atom stereocenters. The van der Waals surface area contributed by atoms with Crippen LogP contribution in [0, 0.1) is 11.2 Å². The molecule has 0 aliphatic rings. The molecule has 1 rings (SSSR count). The number of ether oxygens (including phenoxy) is 1. The van der Waals surface area contributed by atoms with Gasteiger partial charge in [0.25, 0.3) is 0 Å². The molecule has 0 bridgehead atoms. The van der Waals surface area contributed by atoms with Crippen molar-refractivity contribution in [2.45, 2.75) is 39.3 Å². The largest absolute Gasteiger partial charge is 0.391 e. The first kappa shape index (κ1) is 19.4. The third-order valence-electron chi connectivity index (χ3n) is 3.47. The quantitative estimate of drug-likeness (QED) is 0.721. The van der Waals surface area contributed by atoms with Crippen LogP contribution in [0.2, 0.25) is 0 Å². The molecule has 0 fully saturated rings. The Morgan fingerprint density at radius 2 is 1.91 bits per heavy atom. The second-order valence-electron chi connectivity index (χ2n) is 6.65. The van der Waals surface area contributed by atoms with E-state index in [1.54, 1.807) is 12.1 Å². The van der Waals surface area contributed by atoms with E-state index in [1.165, 1.54) is 19.2 Å². The van der Waals surface area contributed by atoms with Gasteiger partial charge in [-0.1, -0.05) is 32.9 Å². The minimum atomic E-state index is -0.601. The molecule has 0 saturated carbocycles. The molecule has 1 aromatic rings. The Morgan fingerprint density at radius 1 is 1.30 bits per heavy atom. The van der Waals surface area contributed by atoms with Crippen LogP contribution in [0.3, 0.4) is 0 Å². The number of hydrogen-bond donors (Lipinski definition) is 3. The van der Waals surface area contributed by atoms with Crippen molar-refractivity contribution in [3.8, 4) is 0 Å². The first-order chi connectivity index (χ1) is 10.7. The van der Waals surface area contributed by atoms with Gasteiger partial charge < -0.3 is 20.5 Å². The topological polar surface area (TPSA) is 70.6 Å². The lowest BCUT2D eigenvalue weighted by molar-refractivity contribution is 0.0598. The second-order valence-corrected chi connectivity index (χ2v) is 6.65. The monoisotopic (exact) mass is 326 g/mol. The molecule has 0 radical (unpaired) electrons. The average Bonchev–Trinajstić information content (AvgIpc) is 2.45. The first-order valence-electron chi connectivity index (χ1n) is 7.71. The molecule has 2 amide bonds. The highest BCUT2D eigenvalue weighted by Crippen LogP contribution is 2.32. The zero-order chi connectivity index (χ0) is 17.5. The van der Waals surface area contributed by atoms with E-state index in [0.29, 0.717) is 13.0 Å². The summed E-state index contributed by atoms with van der Waals surface area (Å²) < 4.78 is 17.9. The second kappa shape index (κ2) is 8.84. The molecule has 0 spiro atoms. The summed E-state index contributed by atoms with van der Waals surface area (Å²) in [6.45, 7) is 6.59. The lowest BCUT2D eigenvalue weighted by atomic mass is 9.82. The maximum atomic E-state index is 13.1. The van der Waals surface area contributed by atoms with Gasteiger partial charge >= 0.3 is 6.03 Å². The molecule has 0 aliphatic carbocycles. The Labute approximate surface area is 137 Å². The zero-order valence-corrected chi connectivity index (χ0v) is 14.2. The highest BCUT2D eigenvalue weighted by molar-refractivity contribution is 5.74. The molecule has 5 nitrogen and oxygen atoms in total. The standard InChI is InChI=1S/C17H27FN2O3/c1-17(2,3)15(12-5-7-13(18)8-6-12)20-16(22)19-10-9-14(21)11-23-4/h5-8,14-15,21H,9-11H2,1-4H3,(H2,19,20,22). The van der Waals surface area contributed by atoms with Gasteiger partial charge in [0.05, 0.1) is 18.8 Å². The number of amides is 2. The fourth-order valence-corrected chi connectivity index (χ4v) is 2.27. The summed E-state index contributed by atoms with van der Waals surface area (Å²) in [5.74, 6) is -0.307. The summed E-state index contributed by atoms with van der Waals surface area (Å²) in [5, 5.41) is 15.2. The van der Waals surface area contributed by atoms with E-state index in [2.05, 4.69) is 10.6 Å². The molecule has 6 heteroatoms. The number of rotatable bonds is 7. The first-order valence-corrected chi connectivity index (χ1v) is 7.71. The van der Waals surface area contributed by atoms with Crippen molar-refractivity contribution >= 4 is 6.03 Å². The van der Waals surface area contributed by atoms with E-state index in [0.717, 1.165) is 5.56 Å². The molecule has 1 aromatic carbocycles. The molecule has 0 saturated heterocycles. The van der Waals surface area contributed by atoms with Crippen LogP contribution >= 0.6 is 0 Å². The van der Waals surface area contributed by atoms with E-state index in [9.17, 15) is 14.3 Å². The van der Waals surface area contributed by atoms with Crippen LogP contribution in [0.25, 0.3) is 0 Å². The molecular weight excluding hydrogens is 299 g/mol. The van der Waals surface area contributed by atoms with E-state index in [-0.39, 0.29) is 29.9 Å². The third kappa shape index (κ3) is 6.97. The summed E-state index contributed by atoms with van der Waals surface area (Å²) in [6, 6.07) is 5.54. The molecule has 3 N–H and O–H groups in total. The van der Waals surface area contributed by atoms with Gasteiger partial charge in [-0.15, -0.1) is 0 Å². The molecule has 0 aromatic heterocycles. The van der Waals surface area contributed by atoms with Crippen molar-refractivity contribution in [2.24, 2.45) is 5.41 Å². The van der Waals surface area contributed by atoms with Crippen LogP contribution in [0.15, 0.2) is 24.3 Å². The molecular formula is C17H27FN2O3. The number of carbonyl (C=O) groups excluding carboxylic acids is 1.